The number of benzene rings is 2. The number of nitrogens with zero attached hydrogens (tertiary/aromatic N) is 2. The van der Waals surface area contributed by atoms with Crippen molar-refractivity contribution >= 4 is 16.8 Å². The van der Waals surface area contributed by atoms with E-state index in [1.54, 1.807) is 0 Å². The maximum Gasteiger partial charge on any atom is 0.254 e. The minimum absolute atomic E-state index is 0.0404. The van der Waals surface area contributed by atoms with E-state index in [-0.39, 0.29) is 18.1 Å². The molecular formula is C25H28N2O2. The molecule has 1 aliphatic rings. The van der Waals surface area contributed by atoms with Crippen molar-refractivity contribution in [1.29, 1.82) is 0 Å². The van der Waals surface area contributed by atoms with Crippen LogP contribution in [0.15, 0.2) is 48.5 Å². The lowest BCUT2D eigenvalue weighted by Gasteiger charge is -2.35. The third-order valence-corrected chi connectivity index (χ3v) is 5.56. The fourth-order valence-electron chi connectivity index (χ4n) is 4.09. The van der Waals surface area contributed by atoms with Gasteiger partial charge >= 0.3 is 0 Å². The lowest BCUT2D eigenvalue weighted by molar-refractivity contribution is -0.0585. The number of morpholine rings is 1. The standard InChI is InChI=1S/C25H28N2O2/c1-5-19-7-9-20(10-8-19)24-13-22(21-12-16(2)6-11-23(21)26-24)25(28)27-14-17(3)29-18(4)15-27/h6-13,17-18H,5,14-15H2,1-4H3/t17-,18-/m0/s1. The quantitative estimate of drug-likeness (QED) is 0.632. The molecule has 1 fully saturated rings. The van der Waals surface area contributed by atoms with Gasteiger partial charge in [0.2, 0.25) is 0 Å². The van der Waals surface area contributed by atoms with Gasteiger partial charge in [-0.15, -0.1) is 0 Å². The van der Waals surface area contributed by atoms with Crippen LogP contribution in [0.1, 0.15) is 42.3 Å². The van der Waals surface area contributed by atoms with Crippen LogP contribution in [0.4, 0.5) is 0 Å². The van der Waals surface area contributed by atoms with Crippen molar-refractivity contribution in [3.05, 3.63) is 65.2 Å². The molecule has 2 heterocycles. The highest BCUT2D eigenvalue weighted by molar-refractivity contribution is 6.07. The van der Waals surface area contributed by atoms with Gasteiger partial charge in [0.1, 0.15) is 0 Å². The van der Waals surface area contributed by atoms with E-state index in [0.717, 1.165) is 39.7 Å². The van der Waals surface area contributed by atoms with Crippen LogP contribution < -0.4 is 0 Å². The van der Waals surface area contributed by atoms with Crippen LogP contribution in [0.5, 0.6) is 0 Å². The normalized spacial score (nSPS) is 19.5. The molecule has 150 valence electrons. The number of aromatic nitrogens is 1. The van der Waals surface area contributed by atoms with Crippen LogP contribution in [0.2, 0.25) is 0 Å². The number of fused-ring (bicyclic) bond motifs is 1. The van der Waals surface area contributed by atoms with Gasteiger partial charge in [0.05, 0.1) is 29.0 Å². The molecule has 1 saturated heterocycles. The van der Waals surface area contributed by atoms with Gasteiger partial charge in [-0.3, -0.25) is 4.79 Å². The Morgan fingerprint density at radius 3 is 2.41 bits per heavy atom. The highest BCUT2D eigenvalue weighted by Crippen LogP contribution is 2.28. The SMILES string of the molecule is CCc1ccc(-c2cc(C(=O)N3C[C@H](C)O[C@@H](C)C3)c3cc(C)ccc3n2)cc1. The summed E-state index contributed by atoms with van der Waals surface area (Å²) in [4.78, 5) is 20.3. The number of aryl methyl sites for hydroxylation is 2. The van der Waals surface area contributed by atoms with Crippen molar-refractivity contribution in [3.63, 3.8) is 0 Å². The number of hydrogen-bond acceptors (Lipinski definition) is 3. The summed E-state index contributed by atoms with van der Waals surface area (Å²) >= 11 is 0. The molecule has 2 atom stereocenters. The average molecular weight is 389 g/mol. The van der Waals surface area contributed by atoms with E-state index in [1.165, 1.54) is 5.56 Å². The second kappa shape index (κ2) is 7.96. The molecular weight excluding hydrogens is 360 g/mol. The summed E-state index contributed by atoms with van der Waals surface area (Å²) in [6.45, 7) is 9.45. The highest BCUT2D eigenvalue weighted by Gasteiger charge is 2.28. The Balaban J connectivity index is 1.82. The zero-order valence-electron chi connectivity index (χ0n) is 17.6. The summed E-state index contributed by atoms with van der Waals surface area (Å²) in [5, 5.41) is 0.913. The maximum atomic E-state index is 13.5. The zero-order chi connectivity index (χ0) is 20.5. The van der Waals surface area contributed by atoms with Crippen LogP contribution in [-0.2, 0) is 11.2 Å². The molecule has 29 heavy (non-hydrogen) atoms. The largest absolute Gasteiger partial charge is 0.372 e. The first kappa shape index (κ1) is 19.6. The monoisotopic (exact) mass is 388 g/mol. The van der Waals surface area contributed by atoms with E-state index in [0.29, 0.717) is 13.1 Å². The Kier molecular flexibility index (Phi) is 5.37. The number of carbonyl (C=O) groups is 1. The van der Waals surface area contributed by atoms with Gasteiger partial charge in [0.15, 0.2) is 0 Å². The van der Waals surface area contributed by atoms with Gasteiger partial charge in [-0.2, -0.15) is 0 Å². The maximum absolute atomic E-state index is 13.5. The van der Waals surface area contributed by atoms with Crippen LogP contribution in [0, 0.1) is 6.92 Å². The minimum Gasteiger partial charge on any atom is -0.372 e. The Morgan fingerprint density at radius 2 is 1.76 bits per heavy atom. The lowest BCUT2D eigenvalue weighted by Crippen LogP contribution is -2.48. The molecule has 0 radical (unpaired) electrons. The van der Waals surface area contributed by atoms with Crippen molar-refractivity contribution in [3.8, 4) is 11.3 Å². The van der Waals surface area contributed by atoms with Gasteiger partial charge in [0, 0.05) is 24.0 Å². The molecule has 0 bridgehead atoms. The third kappa shape index (κ3) is 4.03. The molecule has 1 amide bonds. The molecule has 0 aliphatic carbocycles. The molecule has 3 aromatic rings. The summed E-state index contributed by atoms with van der Waals surface area (Å²) in [5.74, 6) is 0.0522. The Bertz CT molecular complexity index is 1030. The molecule has 4 rings (SSSR count). The van der Waals surface area contributed by atoms with Crippen LogP contribution in [0.25, 0.3) is 22.2 Å². The summed E-state index contributed by atoms with van der Waals surface area (Å²) in [5.41, 5.74) is 5.85. The average Bonchev–Trinajstić information content (AvgIpc) is 2.72. The lowest BCUT2D eigenvalue weighted by atomic mass is 10.0. The number of ether oxygens (including phenoxy) is 1. The summed E-state index contributed by atoms with van der Waals surface area (Å²) in [6.07, 6.45) is 1.08. The molecule has 4 heteroatoms. The first-order chi connectivity index (χ1) is 13.9. The molecule has 4 nitrogen and oxygen atoms in total. The van der Waals surface area contributed by atoms with Crippen LogP contribution in [0.3, 0.4) is 0 Å². The Morgan fingerprint density at radius 1 is 1.07 bits per heavy atom. The Hall–Kier alpha value is -2.72. The molecule has 0 N–H and O–H groups in total. The molecule has 0 spiro atoms. The molecule has 2 aromatic carbocycles. The van der Waals surface area contributed by atoms with E-state index < -0.39 is 0 Å². The fraction of sp³-hybridized carbons (Fsp3) is 0.360. The first-order valence-corrected chi connectivity index (χ1v) is 10.4. The number of carbonyl (C=O) groups excluding carboxylic acids is 1. The van der Waals surface area contributed by atoms with Gasteiger partial charge in [-0.25, -0.2) is 4.98 Å². The number of pyridine rings is 1. The smallest absolute Gasteiger partial charge is 0.254 e. The predicted molar refractivity (Wildman–Crippen MR) is 117 cm³/mol. The number of rotatable bonds is 3. The van der Waals surface area contributed by atoms with E-state index in [1.807, 2.05) is 43.9 Å². The van der Waals surface area contributed by atoms with E-state index in [9.17, 15) is 4.79 Å². The molecule has 0 unspecified atom stereocenters. The summed E-state index contributed by atoms with van der Waals surface area (Å²) in [6, 6.07) is 16.5. The van der Waals surface area contributed by atoms with Crippen molar-refractivity contribution < 1.29 is 9.53 Å². The van der Waals surface area contributed by atoms with E-state index in [2.05, 4.69) is 37.3 Å². The van der Waals surface area contributed by atoms with Crippen LogP contribution >= 0.6 is 0 Å². The summed E-state index contributed by atoms with van der Waals surface area (Å²) < 4.78 is 5.82. The number of amides is 1. The number of hydrogen-bond donors (Lipinski definition) is 0. The molecule has 1 aromatic heterocycles. The van der Waals surface area contributed by atoms with E-state index in [4.69, 9.17) is 9.72 Å². The topological polar surface area (TPSA) is 42.4 Å². The third-order valence-electron chi connectivity index (χ3n) is 5.56. The van der Waals surface area contributed by atoms with Crippen molar-refractivity contribution in [2.45, 2.75) is 46.3 Å². The van der Waals surface area contributed by atoms with E-state index >= 15 is 0 Å². The van der Waals surface area contributed by atoms with Gasteiger partial charge in [-0.05, 0) is 51.0 Å². The first-order valence-electron chi connectivity index (χ1n) is 10.4. The molecule has 1 aliphatic heterocycles. The van der Waals surface area contributed by atoms with Crippen molar-refractivity contribution in [2.75, 3.05) is 13.1 Å². The second-order valence-electron chi connectivity index (χ2n) is 8.09. The van der Waals surface area contributed by atoms with Crippen molar-refractivity contribution in [2.24, 2.45) is 0 Å². The predicted octanol–water partition coefficient (Wildman–Crippen LogP) is 5.02. The van der Waals surface area contributed by atoms with Gasteiger partial charge in [-0.1, -0.05) is 42.8 Å². The Labute approximate surface area is 172 Å². The molecule has 0 saturated carbocycles. The minimum atomic E-state index is 0.0404. The van der Waals surface area contributed by atoms with Gasteiger partial charge in [0.25, 0.3) is 5.91 Å². The highest BCUT2D eigenvalue weighted by atomic mass is 16.5. The summed E-state index contributed by atoms with van der Waals surface area (Å²) in [7, 11) is 0. The van der Waals surface area contributed by atoms with Crippen molar-refractivity contribution in [1.82, 2.24) is 9.88 Å². The van der Waals surface area contributed by atoms with Gasteiger partial charge < -0.3 is 9.64 Å². The second-order valence-corrected chi connectivity index (χ2v) is 8.09. The zero-order valence-corrected chi connectivity index (χ0v) is 17.6. The van der Waals surface area contributed by atoms with Crippen LogP contribution in [-0.4, -0.2) is 41.1 Å². The fourth-order valence-corrected chi connectivity index (χ4v) is 4.09.